The van der Waals surface area contributed by atoms with Crippen molar-refractivity contribution in [2.45, 2.75) is 50.8 Å². The number of hydrogen-bond acceptors (Lipinski definition) is 9. The third-order valence-electron chi connectivity index (χ3n) is 7.30. The normalized spacial score (nSPS) is 11.9. The fourth-order valence-corrected chi connectivity index (χ4v) is 7.19. The minimum Gasteiger partial charge on any atom is -0.497 e. The Morgan fingerprint density at radius 1 is 1.02 bits per heavy atom. The molecular weight excluding hydrogens is 679 g/mol. The van der Waals surface area contributed by atoms with Gasteiger partial charge in [0.05, 0.1) is 36.0 Å². The average Bonchev–Trinajstić information content (AvgIpc) is 3.46. The van der Waals surface area contributed by atoms with E-state index < -0.39 is 29.9 Å². The Labute approximate surface area is 286 Å². The molecule has 0 fully saturated rings. The van der Waals surface area contributed by atoms with Crippen LogP contribution in [0.5, 0.6) is 11.5 Å². The number of halogens is 2. The highest BCUT2D eigenvalue weighted by Gasteiger charge is 2.27. The maximum atomic E-state index is 14.0. The van der Waals surface area contributed by atoms with Crippen LogP contribution in [0.2, 0.25) is 30.7 Å². The Hall–Kier alpha value is -3.82. The highest BCUT2D eigenvalue weighted by Crippen LogP contribution is 2.33. The van der Waals surface area contributed by atoms with Gasteiger partial charge in [0, 0.05) is 58.1 Å². The molecular formula is C33H40ClFN4O7SSi. The summed E-state index contributed by atoms with van der Waals surface area (Å²) in [6, 6.07) is 13.2. The van der Waals surface area contributed by atoms with E-state index in [4.69, 9.17) is 35.5 Å². The van der Waals surface area contributed by atoms with Gasteiger partial charge in [0.1, 0.15) is 36.3 Å². The first-order valence-corrected chi connectivity index (χ1v) is 20.7. The molecule has 2 aromatic carbocycles. The fourth-order valence-electron chi connectivity index (χ4n) is 4.66. The number of carbonyl (C=O) groups excluding carboxylic acids is 1. The second kappa shape index (κ2) is 16.1. The van der Waals surface area contributed by atoms with Crippen LogP contribution in [-0.2, 0) is 37.6 Å². The summed E-state index contributed by atoms with van der Waals surface area (Å²) in [6.45, 7) is 8.45. The summed E-state index contributed by atoms with van der Waals surface area (Å²) in [5.41, 5.74) is 1.94. The van der Waals surface area contributed by atoms with Gasteiger partial charge < -0.3 is 23.5 Å². The highest BCUT2D eigenvalue weighted by molar-refractivity contribution is 7.89. The van der Waals surface area contributed by atoms with Crippen molar-refractivity contribution < 1.29 is 36.6 Å². The zero-order valence-corrected chi connectivity index (χ0v) is 30.4. The van der Waals surface area contributed by atoms with E-state index in [2.05, 4.69) is 24.6 Å². The maximum absolute atomic E-state index is 14.0. The van der Waals surface area contributed by atoms with Crippen molar-refractivity contribution in [3.8, 4) is 34.3 Å². The number of rotatable bonds is 16. The first-order valence-electron chi connectivity index (χ1n) is 15.1. The van der Waals surface area contributed by atoms with Gasteiger partial charge in [-0.2, -0.15) is 4.31 Å². The van der Waals surface area contributed by atoms with Gasteiger partial charge in [-0.25, -0.2) is 22.8 Å². The molecule has 258 valence electrons. The summed E-state index contributed by atoms with van der Waals surface area (Å²) < 4.78 is 66.4. The van der Waals surface area contributed by atoms with Gasteiger partial charge in [-0.1, -0.05) is 37.3 Å². The molecule has 11 nitrogen and oxygen atoms in total. The van der Waals surface area contributed by atoms with E-state index in [1.165, 1.54) is 49.7 Å². The standard InChI is InChI=1S/C33H40ClFN4O7SSi/c1-23(40)46-14-13-39(20-24-7-9-26(43-2)17-32(24)44-3)47(41,42)27-10-11-28(29(34)18-27)31-21-38(22-45-15-16-48(4,5)6)33(37-31)30-12-8-25(35)19-36-30/h7-12,17-19,21H,13-16,20,22H2,1-6H3. The third-order valence-corrected chi connectivity index (χ3v) is 11.2. The lowest BCUT2D eigenvalue weighted by molar-refractivity contribution is -0.141. The molecule has 48 heavy (non-hydrogen) atoms. The van der Waals surface area contributed by atoms with Crippen molar-refractivity contribution in [3.05, 3.63) is 77.3 Å². The summed E-state index contributed by atoms with van der Waals surface area (Å²) in [5, 5.41) is 0.140. The van der Waals surface area contributed by atoms with Crippen molar-refractivity contribution >= 4 is 35.7 Å². The maximum Gasteiger partial charge on any atom is 0.302 e. The van der Waals surface area contributed by atoms with Gasteiger partial charge in [0.15, 0.2) is 5.82 Å². The molecule has 4 rings (SSSR count). The van der Waals surface area contributed by atoms with Crippen LogP contribution in [0.25, 0.3) is 22.8 Å². The third kappa shape index (κ3) is 9.63. The van der Waals surface area contributed by atoms with Crippen molar-refractivity contribution in [1.82, 2.24) is 18.8 Å². The van der Waals surface area contributed by atoms with Crippen LogP contribution in [0.15, 0.2) is 65.8 Å². The SMILES string of the molecule is COc1ccc(CN(CCOC(C)=O)S(=O)(=O)c2ccc(-c3cn(COCC[Si](C)(C)C)c(-c4ccc(F)cn4)n3)c(Cl)c2)c(OC)c1. The lowest BCUT2D eigenvalue weighted by atomic mass is 10.2. The molecule has 0 unspecified atom stereocenters. The van der Waals surface area contributed by atoms with Gasteiger partial charge in [0.2, 0.25) is 10.0 Å². The van der Waals surface area contributed by atoms with E-state index in [1.807, 2.05) is 0 Å². The molecule has 4 aromatic rings. The highest BCUT2D eigenvalue weighted by atomic mass is 35.5. The molecule has 2 heterocycles. The van der Waals surface area contributed by atoms with Crippen molar-refractivity contribution in [3.63, 3.8) is 0 Å². The summed E-state index contributed by atoms with van der Waals surface area (Å²) >= 11 is 6.74. The topological polar surface area (TPSA) is 122 Å². The number of benzene rings is 2. The predicted molar refractivity (Wildman–Crippen MR) is 184 cm³/mol. The zero-order valence-electron chi connectivity index (χ0n) is 27.8. The number of carbonyl (C=O) groups is 1. The van der Waals surface area contributed by atoms with Crippen LogP contribution in [0.3, 0.4) is 0 Å². The minimum absolute atomic E-state index is 0.0684. The summed E-state index contributed by atoms with van der Waals surface area (Å²) in [4.78, 5) is 20.3. The lowest BCUT2D eigenvalue weighted by Gasteiger charge is -2.23. The zero-order chi connectivity index (χ0) is 35.1. The van der Waals surface area contributed by atoms with E-state index in [9.17, 15) is 17.6 Å². The van der Waals surface area contributed by atoms with Crippen LogP contribution in [0.1, 0.15) is 12.5 Å². The molecule has 2 aromatic heterocycles. The molecule has 0 saturated carbocycles. The molecule has 0 bridgehead atoms. The molecule has 0 atom stereocenters. The number of methoxy groups -OCH3 is 2. The fraction of sp³-hybridized carbons (Fsp3) is 0.364. The predicted octanol–water partition coefficient (Wildman–Crippen LogP) is 6.49. The van der Waals surface area contributed by atoms with E-state index >= 15 is 0 Å². The quantitative estimate of drug-likeness (QED) is 0.0727. The first kappa shape index (κ1) is 37.0. The Kier molecular flexibility index (Phi) is 12.4. The summed E-state index contributed by atoms with van der Waals surface area (Å²) in [5.74, 6) is 0.414. The van der Waals surface area contributed by atoms with E-state index in [1.54, 1.807) is 35.0 Å². The molecule has 15 heteroatoms. The van der Waals surface area contributed by atoms with E-state index in [0.29, 0.717) is 46.4 Å². The Morgan fingerprint density at radius 3 is 2.42 bits per heavy atom. The number of hydrogen-bond donors (Lipinski definition) is 0. The minimum atomic E-state index is -4.15. The number of ether oxygens (including phenoxy) is 4. The van der Waals surface area contributed by atoms with Crippen LogP contribution < -0.4 is 9.47 Å². The Bertz CT molecular complexity index is 1830. The second-order valence-electron chi connectivity index (χ2n) is 12.1. The molecule has 0 saturated heterocycles. The van der Waals surface area contributed by atoms with Gasteiger partial charge in [-0.05, 0) is 42.4 Å². The van der Waals surface area contributed by atoms with Gasteiger partial charge in [-0.15, -0.1) is 0 Å². The molecule has 0 aliphatic rings. The number of nitrogens with zero attached hydrogens (tertiary/aromatic N) is 4. The molecule has 0 aliphatic carbocycles. The van der Waals surface area contributed by atoms with Crippen molar-refractivity contribution in [2.75, 3.05) is 34.0 Å². The number of sulfonamides is 1. The van der Waals surface area contributed by atoms with E-state index in [-0.39, 0.29) is 36.3 Å². The van der Waals surface area contributed by atoms with E-state index in [0.717, 1.165) is 12.2 Å². The Morgan fingerprint density at radius 2 is 1.79 bits per heavy atom. The number of imidazole rings is 1. The van der Waals surface area contributed by atoms with Gasteiger partial charge >= 0.3 is 5.97 Å². The second-order valence-corrected chi connectivity index (χ2v) is 20.1. The lowest BCUT2D eigenvalue weighted by Crippen LogP contribution is -2.34. The van der Waals surface area contributed by atoms with Crippen LogP contribution in [0, 0.1) is 5.82 Å². The number of pyridine rings is 1. The van der Waals surface area contributed by atoms with Crippen LogP contribution >= 0.6 is 11.6 Å². The molecule has 0 spiro atoms. The molecule has 0 aliphatic heterocycles. The van der Waals surface area contributed by atoms with Crippen LogP contribution in [0.4, 0.5) is 4.39 Å². The number of aromatic nitrogens is 3. The largest absolute Gasteiger partial charge is 0.497 e. The summed E-state index contributed by atoms with van der Waals surface area (Å²) in [6.07, 6.45) is 2.85. The number of esters is 1. The van der Waals surface area contributed by atoms with Crippen molar-refractivity contribution in [1.29, 1.82) is 0 Å². The smallest absolute Gasteiger partial charge is 0.302 e. The first-order chi connectivity index (χ1) is 22.7. The molecule has 0 amide bonds. The molecule has 0 radical (unpaired) electrons. The van der Waals surface area contributed by atoms with Gasteiger partial charge in [0.25, 0.3) is 0 Å². The van der Waals surface area contributed by atoms with Crippen molar-refractivity contribution in [2.24, 2.45) is 0 Å². The Balaban J connectivity index is 1.67. The summed E-state index contributed by atoms with van der Waals surface area (Å²) in [7, 11) is -2.47. The molecule has 0 N–H and O–H groups in total. The van der Waals surface area contributed by atoms with Crippen LogP contribution in [-0.4, -0.2) is 75.3 Å². The van der Waals surface area contributed by atoms with Gasteiger partial charge in [-0.3, -0.25) is 4.79 Å². The average molecular weight is 719 g/mol. The monoisotopic (exact) mass is 718 g/mol.